The second-order valence-electron chi connectivity index (χ2n) is 9.02. The summed E-state index contributed by atoms with van der Waals surface area (Å²) in [5.74, 6) is 0.711. The molecule has 3 rings (SSSR count). The van der Waals surface area contributed by atoms with Crippen LogP contribution in [0, 0.1) is 0 Å². The van der Waals surface area contributed by atoms with Gasteiger partial charge in [-0.3, -0.25) is 0 Å². The summed E-state index contributed by atoms with van der Waals surface area (Å²) in [6.45, 7) is 4.40. The monoisotopic (exact) mass is 481 g/mol. The molecule has 1 aliphatic carbocycles. The minimum Gasteiger partial charge on any atom is -0.453 e. The van der Waals surface area contributed by atoms with Crippen LogP contribution in [0.4, 0.5) is 22.0 Å². The van der Waals surface area contributed by atoms with Crippen molar-refractivity contribution in [3.63, 3.8) is 0 Å². The number of ether oxygens (including phenoxy) is 1. The third-order valence-electron chi connectivity index (χ3n) is 6.67. The first kappa shape index (κ1) is 25.4. The molecule has 3 N–H and O–H groups in total. The maximum absolute atomic E-state index is 12.3. The first-order valence-corrected chi connectivity index (χ1v) is 13.9. The van der Waals surface area contributed by atoms with Crippen LogP contribution in [-0.4, -0.2) is 75.7 Å². The van der Waals surface area contributed by atoms with Gasteiger partial charge < -0.3 is 25.6 Å². The largest absolute Gasteiger partial charge is 0.453 e. The SMILES string of the molecule is CCCN(CCCCN(C(=O)OC)C1CCS(=O)(=O)C1)c1c2c(nc(N)c1NC)CCCC2. The molecular weight excluding hydrogens is 442 g/mol. The Kier molecular flexibility index (Phi) is 8.67. The zero-order chi connectivity index (χ0) is 24.0. The van der Waals surface area contributed by atoms with Crippen LogP contribution in [0.1, 0.15) is 56.7 Å². The Hall–Kier alpha value is -2.23. The fourth-order valence-corrected chi connectivity index (χ4v) is 6.82. The van der Waals surface area contributed by atoms with Gasteiger partial charge in [-0.2, -0.15) is 0 Å². The van der Waals surface area contributed by atoms with Crippen molar-refractivity contribution in [3.05, 3.63) is 11.3 Å². The smallest absolute Gasteiger partial charge is 0.409 e. The molecule has 186 valence electrons. The standard InChI is InChI=1S/C23H39N5O4S/c1-4-12-27(21-18-9-5-6-10-19(18)26-22(24)20(21)25-2)13-7-8-14-28(23(29)32-3)17-11-15-33(30,31)16-17/h17,25H,4-16H2,1-3H3,(H2,24,26). The molecule has 1 aromatic heterocycles. The number of carbonyl (C=O) groups is 1. The van der Waals surface area contributed by atoms with Crippen LogP contribution in [0.25, 0.3) is 0 Å². The quantitative estimate of drug-likeness (QED) is 0.490. The minimum absolute atomic E-state index is 0.0258. The van der Waals surface area contributed by atoms with Gasteiger partial charge in [0.2, 0.25) is 0 Å². The molecule has 0 radical (unpaired) electrons. The van der Waals surface area contributed by atoms with Gasteiger partial charge in [0.05, 0.1) is 24.3 Å². The fraction of sp³-hybridized carbons (Fsp3) is 0.739. The van der Waals surface area contributed by atoms with Crippen LogP contribution in [0.2, 0.25) is 0 Å². The highest BCUT2D eigenvalue weighted by Gasteiger charge is 2.35. The molecule has 0 bridgehead atoms. The molecule has 1 atom stereocenters. The predicted molar refractivity (Wildman–Crippen MR) is 133 cm³/mol. The van der Waals surface area contributed by atoms with Crippen LogP contribution in [0.3, 0.4) is 0 Å². The number of aryl methyl sites for hydroxylation is 1. The molecule has 2 heterocycles. The van der Waals surface area contributed by atoms with Crippen molar-refractivity contribution in [2.24, 2.45) is 0 Å². The minimum atomic E-state index is -3.07. The third-order valence-corrected chi connectivity index (χ3v) is 8.42. The van der Waals surface area contributed by atoms with Crippen LogP contribution >= 0.6 is 0 Å². The molecule has 1 fully saturated rings. The maximum atomic E-state index is 12.3. The number of carbonyl (C=O) groups excluding carboxylic acids is 1. The van der Waals surface area contributed by atoms with E-state index in [0.717, 1.165) is 69.4 Å². The number of fused-ring (bicyclic) bond motifs is 1. The number of hydrogen-bond donors (Lipinski definition) is 2. The summed E-state index contributed by atoms with van der Waals surface area (Å²) in [7, 11) is 0.162. The van der Waals surface area contributed by atoms with Gasteiger partial charge in [0, 0.05) is 38.4 Å². The van der Waals surface area contributed by atoms with E-state index in [9.17, 15) is 13.2 Å². The number of nitrogens with zero attached hydrogens (tertiary/aromatic N) is 3. The zero-order valence-corrected chi connectivity index (χ0v) is 21.0. The van der Waals surface area contributed by atoms with Crippen LogP contribution in [0.5, 0.6) is 0 Å². The van der Waals surface area contributed by atoms with Crippen molar-refractivity contribution < 1.29 is 17.9 Å². The van der Waals surface area contributed by atoms with E-state index in [0.29, 0.717) is 18.8 Å². The number of rotatable bonds is 10. The van der Waals surface area contributed by atoms with Crippen LogP contribution in [0.15, 0.2) is 0 Å². The number of hydrogen-bond acceptors (Lipinski definition) is 8. The lowest BCUT2D eigenvalue weighted by molar-refractivity contribution is 0.108. The van der Waals surface area contributed by atoms with E-state index in [-0.39, 0.29) is 17.5 Å². The second-order valence-corrected chi connectivity index (χ2v) is 11.2. The van der Waals surface area contributed by atoms with Gasteiger partial charge in [-0.25, -0.2) is 18.2 Å². The van der Waals surface area contributed by atoms with E-state index in [1.54, 1.807) is 4.90 Å². The molecule has 1 saturated heterocycles. The fourth-order valence-electron chi connectivity index (χ4n) is 5.09. The first-order valence-electron chi connectivity index (χ1n) is 12.1. The Bertz CT molecular complexity index is 937. The van der Waals surface area contributed by atoms with Crippen LogP contribution in [-0.2, 0) is 27.4 Å². The summed E-state index contributed by atoms with van der Waals surface area (Å²) in [6, 6.07) is -0.294. The number of pyridine rings is 1. The first-order chi connectivity index (χ1) is 15.8. The summed E-state index contributed by atoms with van der Waals surface area (Å²) < 4.78 is 28.7. The molecule has 1 aromatic rings. The summed E-state index contributed by atoms with van der Waals surface area (Å²) in [5.41, 5.74) is 10.8. The van der Waals surface area contributed by atoms with E-state index >= 15 is 0 Å². The second kappa shape index (κ2) is 11.3. The van der Waals surface area contributed by atoms with Crippen molar-refractivity contribution in [1.29, 1.82) is 0 Å². The highest BCUT2D eigenvalue weighted by molar-refractivity contribution is 7.91. The molecule has 0 saturated carbocycles. The lowest BCUT2D eigenvalue weighted by Gasteiger charge is -2.32. The summed E-state index contributed by atoms with van der Waals surface area (Å²) in [6.07, 6.45) is 6.96. The number of unbranched alkanes of at least 4 members (excludes halogenated alkanes) is 1. The maximum Gasteiger partial charge on any atom is 0.409 e. The van der Waals surface area contributed by atoms with Gasteiger partial charge in [-0.15, -0.1) is 0 Å². The third kappa shape index (κ3) is 6.02. The molecule has 1 amide bonds. The van der Waals surface area contributed by atoms with E-state index in [1.165, 1.54) is 18.4 Å². The predicted octanol–water partition coefficient (Wildman–Crippen LogP) is 2.84. The van der Waals surface area contributed by atoms with Crippen molar-refractivity contribution in [2.75, 3.05) is 61.2 Å². The Labute approximate surface area is 198 Å². The Morgan fingerprint density at radius 1 is 1.21 bits per heavy atom. The van der Waals surface area contributed by atoms with Gasteiger partial charge in [-0.1, -0.05) is 6.92 Å². The normalized spacial score (nSPS) is 19.1. The lowest BCUT2D eigenvalue weighted by Crippen LogP contribution is -2.42. The van der Waals surface area contributed by atoms with Crippen molar-refractivity contribution in [2.45, 2.75) is 64.3 Å². The molecule has 1 aliphatic heterocycles. The molecule has 0 spiro atoms. The van der Waals surface area contributed by atoms with Gasteiger partial charge in [0.25, 0.3) is 0 Å². The van der Waals surface area contributed by atoms with Gasteiger partial charge in [0.1, 0.15) is 11.5 Å². The molecule has 1 unspecified atom stereocenters. The number of methoxy groups -OCH3 is 1. The Balaban J connectivity index is 1.71. The van der Waals surface area contributed by atoms with Crippen molar-refractivity contribution in [1.82, 2.24) is 9.88 Å². The van der Waals surface area contributed by atoms with Crippen LogP contribution < -0.4 is 16.0 Å². The van der Waals surface area contributed by atoms with Crippen molar-refractivity contribution in [3.8, 4) is 0 Å². The highest BCUT2D eigenvalue weighted by atomic mass is 32.2. The molecule has 9 nitrogen and oxygen atoms in total. The van der Waals surface area contributed by atoms with Gasteiger partial charge in [-0.05, 0) is 56.9 Å². The number of nitrogen functional groups attached to an aromatic ring is 1. The van der Waals surface area contributed by atoms with Gasteiger partial charge in [0.15, 0.2) is 9.84 Å². The lowest BCUT2D eigenvalue weighted by atomic mass is 9.93. The van der Waals surface area contributed by atoms with E-state index < -0.39 is 15.9 Å². The number of nitrogens with one attached hydrogen (secondary N) is 1. The number of amides is 1. The highest BCUT2D eigenvalue weighted by Crippen LogP contribution is 2.39. The molecule has 10 heteroatoms. The summed E-state index contributed by atoms with van der Waals surface area (Å²) >= 11 is 0. The van der Waals surface area contributed by atoms with E-state index in [4.69, 9.17) is 10.5 Å². The summed E-state index contributed by atoms with van der Waals surface area (Å²) in [5, 5.41) is 3.27. The number of nitrogens with two attached hydrogens (primary N) is 1. The molecule has 33 heavy (non-hydrogen) atoms. The molecule has 2 aliphatic rings. The number of anilines is 3. The van der Waals surface area contributed by atoms with Crippen molar-refractivity contribution >= 4 is 33.1 Å². The van der Waals surface area contributed by atoms with E-state index in [2.05, 4.69) is 22.1 Å². The topological polar surface area (TPSA) is 118 Å². The Morgan fingerprint density at radius 3 is 2.58 bits per heavy atom. The average molecular weight is 482 g/mol. The summed E-state index contributed by atoms with van der Waals surface area (Å²) in [4.78, 5) is 21.0. The average Bonchev–Trinajstić information content (AvgIpc) is 3.16. The molecule has 0 aromatic carbocycles. The number of sulfone groups is 1. The molecular formula is C23H39N5O4S. The number of aromatic nitrogens is 1. The van der Waals surface area contributed by atoms with E-state index in [1.807, 2.05) is 7.05 Å². The Morgan fingerprint density at radius 2 is 1.94 bits per heavy atom. The van der Waals surface area contributed by atoms with Gasteiger partial charge >= 0.3 is 6.09 Å². The zero-order valence-electron chi connectivity index (χ0n) is 20.2.